The van der Waals surface area contributed by atoms with Crippen LogP contribution in [0.4, 0.5) is 0 Å². The lowest BCUT2D eigenvalue weighted by Gasteiger charge is -2.25. The zero-order valence-corrected chi connectivity index (χ0v) is 12.2. The fraction of sp³-hybridized carbons (Fsp3) is 0.538. The number of hydrogen-bond donors (Lipinski definition) is 1. The van der Waals surface area contributed by atoms with Gasteiger partial charge in [-0.05, 0) is 36.8 Å². The first kappa shape index (κ1) is 13.9. The van der Waals surface area contributed by atoms with Gasteiger partial charge in [-0.1, -0.05) is 18.2 Å². The zero-order valence-electron chi connectivity index (χ0n) is 10.6. The minimum atomic E-state index is -2.83. The Labute approximate surface area is 113 Å². The Kier molecular flexibility index (Phi) is 4.70. The van der Waals surface area contributed by atoms with Gasteiger partial charge in [0.25, 0.3) is 0 Å². The van der Waals surface area contributed by atoms with Gasteiger partial charge < -0.3 is 5.32 Å². The van der Waals surface area contributed by atoms with Crippen molar-refractivity contribution >= 4 is 21.6 Å². The van der Waals surface area contributed by atoms with Gasteiger partial charge in [0.15, 0.2) is 0 Å². The number of hydrogen-bond acceptors (Lipinski definition) is 4. The smallest absolute Gasteiger partial charge is 0.147 e. The first-order chi connectivity index (χ1) is 8.56. The Morgan fingerprint density at radius 2 is 2.17 bits per heavy atom. The molecule has 1 N–H and O–H groups in total. The summed E-state index contributed by atoms with van der Waals surface area (Å²) in [5.41, 5.74) is 1.35. The highest BCUT2D eigenvalue weighted by atomic mass is 32.2. The SMILES string of the molecule is CS(=O)(=O)CCCNC1CCSc2ccccc21. The fourth-order valence-corrected chi connectivity index (χ4v) is 3.96. The molecule has 0 fully saturated rings. The van der Waals surface area contributed by atoms with Crippen molar-refractivity contribution < 1.29 is 8.42 Å². The van der Waals surface area contributed by atoms with Gasteiger partial charge in [0.2, 0.25) is 0 Å². The lowest BCUT2D eigenvalue weighted by molar-refractivity contribution is 0.508. The maximum Gasteiger partial charge on any atom is 0.147 e. The van der Waals surface area contributed by atoms with E-state index in [0.29, 0.717) is 12.5 Å². The maximum absolute atomic E-state index is 11.0. The highest BCUT2D eigenvalue weighted by Crippen LogP contribution is 2.35. The van der Waals surface area contributed by atoms with E-state index in [1.807, 2.05) is 11.8 Å². The summed E-state index contributed by atoms with van der Waals surface area (Å²) in [6, 6.07) is 8.83. The zero-order chi connectivity index (χ0) is 13.0. The molecule has 0 saturated heterocycles. The van der Waals surface area contributed by atoms with E-state index in [0.717, 1.165) is 18.7 Å². The van der Waals surface area contributed by atoms with Gasteiger partial charge >= 0.3 is 0 Å². The predicted molar refractivity (Wildman–Crippen MR) is 76.9 cm³/mol. The summed E-state index contributed by atoms with van der Waals surface area (Å²) in [5, 5.41) is 3.47. The van der Waals surface area contributed by atoms with Crippen LogP contribution in [0.1, 0.15) is 24.4 Å². The Morgan fingerprint density at radius 1 is 1.39 bits per heavy atom. The molecule has 0 amide bonds. The molecule has 2 rings (SSSR count). The molecule has 1 atom stereocenters. The van der Waals surface area contributed by atoms with Gasteiger partial charge in [0, 0.05) is 17.2 Å². The second kappa shape index (κ2) is 6.08. The molecular formula is C13H19NO2S2. The maximum atomic E-state index is 11.0. The normalized spacial score (nSPS) is 19.5. The van der Waals surface area contributed by atoms with Gasteiger partial charge in [-0.2, -0.15) is 0 Å². The number of nitrogens with one attached hydrogen (secondary N) is 1. The van der Waals surface area contributed by atoms with E-state index in [1.54, 1.807) is 0 Å². The molecule has 1 aliphatic heterocycles. The summed E-state index contributed by atoms with van der Waals surface area (Å²) in [6.45, 7) is 0.761. The average Bonchev–Trinajstić information content (AvgIpc) is 2.33. The van der Waals surface area contributed by atoms with Crippen LogP contribution in [0, 0.1) is 0 Å². The molecule has 18 heavy (non-hydrogen) atoms. The van der Waals surface area contributed by atoms with Crippen molar-refractivity contribution in [1.82, 2.24) is 5.32 Å². The van der Waals surface area contributed by atoms with Crippen molar-refractivity contribution in [1.29, 1.82) is 0 Å². The minimum absolute atomic E-state index is 0.267. The Bertz CT molecular complexity index is 499. The van der Waals surface area contributed by atoms with Crippen LogP contribution in [0.25, 0.3) is 0 Å². The van der Waals surface area contributed by atoms with Crippen molar-refractivity contribution in [2.45, 2.75) is 23.8 Å². The molecule has 5 heteroatoms. The Balaban J connectivity index is 1.88. The monoisotopic (exact) mass is 285 g/mol. The van der Waals surface area contributed by atoms with Crippen LogP contribution in [-0.2, 0) is 9.84 Å². The van der Waals surface area contributed by atoms with Gasteiger partial charge in [0.1, 0.15) is 9.84 Å². The average molecular weight is 285 g/mol. The van der Waals surface area contributed by atoms with Crippen molar-refractivity contribution in [2.24, 2.45) is 0 Å². The topological polar surface area (TPSA) is 46.2 Å². The summed E-state index contributed by atoms with van der Waals surface area (Å²) in [7, 11) is -2.83. The molecule has 1 heterocycles. The van der Waals surface area contributed by atoms with Crippen molar-refractivity contribution in [3.8, 4) is 0 Å². The summed E-state index contributed by atoms with van der Waals surface area (Å²) in [5.74, 6) is 1.39. The van der Waals surface area contributed by atoms with Crippen LogP contribution in [0.2, 0.25) is 0 Å². The van der Waals surface area contributed by atoms with Gasteiger partial charge in [-0.15, -0.1) is 11.8 Å². The lowest BCUT2D eigenvalue weighted by atomic mass is 10.0. The Morgan fingerprint density at radius 3 is 2.94 bits per heavy atom. The highest BCUT2D eigenvalue weighted by Gasteiger charge is 2.19. The summed E-state index contributed by atoms with van der Waals surface area (Å²) in [4.78, 5) is 1.35. The molecule has 100 valence electrons. The van der Waals surface area contributed by atoms with Gasteiger partial charge in [-0.25, -0.2) is 8.42 Å². The van der Waals surface area contributed by atoms with E-state index < -0.39 is 9.84 Å². The summed E-state index contributed by atoms with van der Waals surface area (Å²) in [6.07, 6.45) is 3.09. The largest absolute Gasteiger partial charge is 0.310 e. The fourth-order valence-electron chi connectivity index (χ4n) is 2.16. The van der Waals surface area contributed by atoms with Crippen LogP contribution in [0.5, 0.6) is 0 Å². The standard InChI is InChI=1S/C13H19NO2S2/c1-18(15,16)10-4-8-14-12-7-9-17-13-6-3-2-5-11(12)13/h2-3,5-6,12,14H,4,7-10H2,1H3. The first-order valence-electron chi connectivity index (χ1n) is 6.19. The van der Waals surface area contributed by atoms with Gasteiger partial charge in [-0.3, -0.25) is 0 Å². The number of rotatable bonds is 5. The Hall–Kier alpha value is -0.520. The number of benzene rings is 1. The van der Waals surface area contributed by atoms with Crippen molar-refractivity contribution in [2.75, 3.05) is 24.3 Å². The van der Waals surface area contributed by atoms with Crippen molar-refractivity contribution in [3.05, 3.63) is 29.8 Å². The molecule has 0 bridgehead atoms. The molecule has 0 radical (unpaired) electrons. The number of thioether (sulfide) groups is 1. The van der Waals surface area contributed by atoms with E-state index in [4.69, 9.17) is 0 Å². The third-order valence-corrected chi connectivity index (χ3v) is 5.19. The molecule has 0 aliphatic carbocycles. The third kappa shape index (κ3) is 4.00. The number of sulfone groups is 1. The van der Waals surface area contributed by atoms with E-state index >= 15 is 0 Å². The molecule has 1 aromatic carbocycles. The molecule has 0 aromatic heterocycles. The van der Waals surface area contributed by atoms with Crippen LogP contribution >= 0.6 is 11.8 Å². The van der Waals surface area contributed by atoms with E-state index in [9.17, 15) is 8.42 Å². The van der Waals surface area contributed by atoms with Crippen LogP contribution in [-0.4, -0.2) is 32.7 Å². The summed E-state index contributed by atoms with van der Waals surface area (Å²) < 4.78 is 22.1. The lowest BCUT2D eigenvalue weighted by Crippen LogP contribution is -2.26. The molecule has 1 aromatic rings. The van der Waals surface area contributed by atoms with Crippen LogP contribution < -0.4 is 5.32 Å². The van der Waals surface area contributed by atoms with Crippen molar-refractivity contribution in [3.63, 3.8) is 0 Å². The molecule has 1 unspecified atom stereocenters. The quantitative estimate of drug-likeness (QED) is 0.843. The second-order valence-electron chi connectivity index (χ2n) is 4.67. The molecule has 3 nitrogen and oxygen atoms in total. The second-order valence-corrected chi connectivity index (χ2v) is 8.06. The third-order valence-electron chi connectivity index (χ3n) is 3.04. The van der Waals surface area contributed by atoms with E-state index in [1.165, 1.54) is 16.7 Å². The van der Waals surface area contributed by atoms with Crippen LogP contribution in [0.3, 0.4) is 0 Å². The highest BCUT2D eigenvalue weighted by molar-refractivity contribution is 7.99. The molecular weight excluding hydrogens is 266 g/mol. The molecule has 0 saturated carbocycles. The van der Waals surface area contributed by atoms with Crippen LogP contribution in [0.15, 0.2) is 29.2 Å². The molecule has 0 spiro atoms. The van der Waals surface area contributed by atoms with E-state index in [-0.39, 0.29) is 5.75 Å². The minimum Gasteiger partial charge on any atom is -0.310 e. The van der Waals surface area contributed by atoms with Gasteiger partial charge in [0.05, 0.1) is 5.75 Å². The molecule has 1 aliphatic rings. The van der Waals surface area contributed by atoms with E-state index in [2.05, 4.69) is 29.6 Å². The summed E-state index contributed by atoms with van der Waals surface area (Å²) >= 11 is 1.90. The number of fused-ring (bicyclic) bond motifs is 1. The predicted octanol–water partition coefficient (Wildman–Crippen LogP) is 2.25. The first-order valence-corrected chi connectivity index (χ1v) is 9.24.